The van der Waals surface area contributed by atoms with Gasteiger partial charge in [0, 0.05) is 5.25 Å². The van der Waals surface area contributed by atoms with E-state index < -0.39 is 0 Å². The molecule has 18 heavy (non-hydrogen) atoms. The molecule has 0 fully saturated rings. The monoisotopic (exact) mass is 319 g/mol. The fraction of sp³-hybridized carbons (Fsp3) is 0.273. The van der Waals surface area contributed by atoms with Crippen molar-refractivity contribution in [3.8, 4) is 0 Å². The summed E-state index contributed by atoms with van der Waals surface area (Å²) in [5.74, 6) is 0.528. The van der Waals surface area contributed by atoms with Crippen LogP contribution in [0.2, 0.25) is 10.3 Å². The van der Waals surface area contributed by atoms with Gasteiger partial charge in [0.05, 0.1) is 16.1 Å². The summed E-state index contributed by atoms with van der Waals surface area (Å²) < 4.78 is 1.20. The number of halogens is 2. The molecule has 96 valence electrons. The summed E-state index contributed by atoms with van der Waals surface area (Å²) in [7, 11) is 0. The van der Waals surface area contributed by atoms with E-state index in [0.717, 1.165) is 5.69 Å². The summed E-state index contributed by atoms with van der Waals surface area (Å²) >= 11 is 15.3. The topological polar surface area (TPSA) is 37.8 Å². The van der Waals surface area contributed by atoms with E-state index in [1.165, 1.54) is 10.4 Å². The normalized spacial score (nSPS) is 10.9. The van der Waals surface area contributed by atoms with Crippen LogP contribution in [0.1, 0.15) is 13.8 Å². The van der Waals surface area contributed by atoms with Crippen molar-refractivity contribution >= 4 is 57.8 Å². The molecule has 0 aromatic carbocycles. The molecule has 2 aromatic rings. The lowest BCUT2D eigenvalue weighted by atomic mass is 10.5. The third kappa shape index (κ3) is 3.51. The number of anilines is 2. The van der Waals surface area contributed by atoms with Gasteiger partial charge in [0.2, 0.25) is 5.28 Å². The first-order valence-corrected chi connectivity index (χ1v) is 7.77. The van der Waals surface area contributed by atoms with Gasteiger partial charge in [-0.2, -0.15) is 4.98 Å². The number of hydrogen-bond donors (Lipinski definition) is 1. The van der Waals surface area contributed by atoms with Gasteiger partial charge in [0.1, 0.15) is 5.02 Å². The molecule has 0 radical (unpaired) electrons. The highest BCUT2D eigenvalue weighted by atomic mass is 35.5. The van der Waals surface area contributed by atoms with Gasteiger partial charge in [-0.05, 0) is 23.0 Å². The van der Waals surface area contributed by atoms with Gasteiger partial charge < -0.3 is 5.32 Å². The first-order chi connectivity index (χ1) is 8.56. The quantitative estimate of drug-likeness (QED) is 0.629. The van der Waals surface area contributed by atoms with Gasteiger partial charge in [-0.15, -0.1) is 23.1 Å². The molecule has 2 aromatic heterocycles. The van der Waals surface area contributed by atoms with Crippen LogP contribution in [0, 0.1) is 0 Å². The third-order valence-corrected chi connectivity index (χ3v) is 4.59. The van der Waals surface area contributed by atoms with Crippen LogP contribution in [0.15, 0.2) is 21.9 Å². The Morgan fingerprint density at radius 1 is 1.39 bits per heavy atom. The van der Waals surface area contributed by atoms with Gasteiger partial charge in [-0.25, -0.2) is 4.98 Å². The van der Waals surface area contributed by atoms with E-state index >= 15 is 0 Å². The maximum atomic E-state index is 6.02. The molecular formula is C11H11Cl2N3S2. The molecule has 0 atom stereocenters. The zero-order valence-electron chi connectivity index (χ0n) is 9.78. The molecular weight excluding hydrogens is 309 g/mol. The van der Waals surface area contributed by atoms with E-state index in [1.807, 2.05) is 11.4 Å². The molecule has 0 saturated heterocycles. The number of thioether (sulfide) groups is 1. The van der Waals surface area contributed by atoms with Crippen LogP contribution in [0.25, 0.3) is 0 Å². The van der Waals surface area contributed by atoms with E-state index in [9.17, 15) is 0 Å². The molecule has 2 rings (SSSR count). The molecule has 7 heteroatoms. The van der Waals surface area contributed by atoms with Gasteiger partial charge in [-0.1, -0.05) is 25.4 Å². The molecule has 0 aliphatic carbocycles. The first kappa shape index (κ1) is 13.9. The largest absolute Gasteiger partial charge is 0.337 e. The summed E-state index contributed by atoms with van der Waals surface area (Å²) in [6, 6.07) is 2.00. The van der Waals surface area contributed by atoms with Crippen molar-refractivity contribution in [2.75, 3.05) is 5.32 Å². The van der Waals surface area contributed by atoms with E-state index in [0.29, 0.717) is 16.1 Å². The van der Waals surface area contributed by atoms with Crippen LogP contribution >= 0.6 is 46.3 Å². The van der Waals surface area contributed by atoms with Crippen LogP contribution in [-0.4, -0.2) is 15.2 Å². The maximum Gasteiger partial charge on any atom is 0.224 e. The average molecular weight is 320 g/mol. The Bertz CT molecular complexity index is 543. The van der Waals surface area contributed by atoms with Crippen LogP contribution in [0.5, 0.6) is 0 Å². The predicted octanol–water partition coefficient (Wildman–Crippen LogP) is 5.09. The highest BCUT2D eigenvalue weighted by Gasteiger charge is 2.10. The van der Waals surface area contributed by atoms with Crippen molar-refractivity contribution in [3.05, 3.63) is 27.9 Å². The Morgan fingerprint density at radius 3 is 2.89 bits per heavy atom. The van der Waals surface area contributed by atoms with E-state index in [-0.39, 0.29) is 5.28 Å². The van der Waals surface area contributed by atoms with Crippen LogP contribution in [0.3, 0.4) is 0 Å². The fourth-order valence-electron chi connectivity index (χ4n) is 1.25. The summed E-state index contributed by atoms with van der Waals surface area (Å²) in [6.07, 6.45) is 1.49. The van der Waals surface area contributed by atoms with E-state index in [1.54, 1.807) is 23.1 Å². The minimum absolute atomic E-state index is 0.176. The Morgan fingerprint density at radius 2 is 2.17 bits per heavy atom. The van der Waals surface area contributed by atoms with Crippen molar-refractivity contribution in [1.29, 1.82) is 0 Å². The zero-order valence-corrected chi connectivity index (χ0v) is 12.9. The van der Waals surface area contributed by atoms with Crippen LogP contribution < -0.4 is 5.32 Å². The lowest BCUT2D eigenvalue weighted by Gasteiger charge is -2.09. The van der Waals surface area contributed by atoms with Crippen molar-refractivity contribution in [3.63, 3.8) is 0 Å². The SMILES string of the molecule is CC(C)Sc1sccc1Nc1nc(Cl)ncc1Cl. The number of nitrogens with zero attached hydrogens (tertiary/aromatic N) is 2. The predicted molar refractivity (Wildman–Crippen MR) is 80.6 cm³/mol. The lowest BCUT2D eigenvalue weighted by Crippen LogP contribution is -1.96. The second-order valence-electron chi connectivity index (χ2n) is 3.75. The first-order valence-electron chi connectivity index (χ1n) is 5.25. The molecule has 0 saturated carbocycles. The molecule has 0 bridgehead atoms. The number of hydrogen-bond acceptors (Lipinski definition) is 5. The van der Waals surface area contributed by atoms with Crippen molar-refractivity contribution in [2.24, 2.45) is 0 Å². The lowest BCUT2D eigenvalue weighted by molar-refractivity contribution is 1.11. The number of nitrogens with one attached hydrogen (secondary N) is 1. The summed E-state index contributed by atoms with van der Waals surface area (Å²) in [5, 5.41) is 6.37. The van der Waals surface area contributed by atoms with E-state index in [2.05, 4.69) is 29.1 Å². The number of rotatable bonds is 4. The molecule has 0 spiro atoms. The molecule has 0 amide bonds. The fourth-order valence-corrected chi connectivity index (χ4v) is 3.74. The van der Waals surface area contributed by atoms with Crippen molar-refractivity contribution < 1.29 is 0 Å². The summed E-state index contributed by atoms with van der Waals surface area (Å²) in [5.41, 5.74) is 0.996. The molecule has 0 unspecified atom stereocenters. The Labute approximate surface area is 124 Å². The van der Waals surface area contributed by atoms with Crippen LogP contribution in [0.4, 0.5) is 11.5 Å². The number of aromatic nitrogens is 2. The van der Waals surface area contributed by atoms with E-state index in [4.69, 9.17) is 23.2 Å². The Hall–Kier alpha value is -0.490. The minimum atomic E-state index is 0.176. The van der Waals surface area contributed by atoms with Crippen LogP contribution in [-0.2, 0) is 0 Å². The Kier molecular flexibility index (Phi) is 4.72. The zero-order chi connectivity index (χ0) is 13.1. The van der Waals surface area contributed by atoms with Gasteiger partial charge in [0.25, 0.3) is 0 Å². The highest BCUT2D eigenvalue weighted by molar-refractivity contribution is 8.01. The molecule has 0 aliphatic rings. The second-order valence-corrected chi connectivity index (χ2v) is 7.26. The van der Waals surface area contributed by atoms with Crippen molar-refractivity contribution in [2.45, 2.75) is 23.3 Å². The summed E-state index contributed by atoms with van der Waals surface area (Å²) in [6.45, 7) is 4.31. The average Bonchev–Trinajstić information content (AvgIpc) is 2.70. The Balaban J connectivity index is 2.23. The van der Waals surface area contributed by atoms with Gasteiger partial charge in [-0.3, -0.25) is 0 Å². The molecule has 3 nitrogen and oxygen atoms in total. The van der Waals surface area contributed by atoms with Crippen molar-refractivity contribution in [1.82, 2.24) is 9.97 Å². The second kappa shape index (κ2) is 6.10. The smallest absolute Gasteiger partial charge is 0.224 e. The highest BCUT2D eigenvalue weighted by Crippen LogP contribution is 2.37. The van der Waals surface area contributed by atoms with Gasteiger partial charge >= 0.3 is 0 Å². The molecule has 1 N–H and O–H groups in total. The third-order valence-electron chi connectivity index (χ3n) is 1.94. The minimum Gasteiger partial charge on any atom is -0.337 e. The summed E-state index contributed by atoms with van der Waals surface area (Å²) in [4.78, 5) is 7.89. The maximum absolute atomic E-state index is 6.02. The standard InChI is InChI=1S/C11H11Cl2N3S2/c1-6(2)18-10-8(3-4-17-10)15-9-7(12)5-14-11(13)16-9/h3-6H,1-2H3,(H,14,15,16). The molecule has 0 aliphatic heterocycles. The van der Waals surface area contributed by atoms with Gasteiger partial charge in [0.15, 0.2) is 5.82 Å². The number of thiophene rings is 1. The molecule has 2 heterocycles.